The highest BCUT2D eigenvalue weighted by atomic mass is 79.9. The highest BCUT2D eigenvalue weighted by Gasteiger charge is 2.07. The van der Waals surface area contributed by atoms with E-state index in [2.05, 4.69) is 21.1 Å². The van der Waals surface area contributed by atoms with E-state index in [1.54, 1.807) is 0 Å². The third-order valence-corrected chi connectivity index (χ3v) is 3.32. The molecule has 5 heteroatoms. The predicted octanol–water partition coefficient (Wildman–Crippen LogP) is 3.95. The second-order valence-corrected chi connectivity index (χ2v) is 4.69. The van der Waals surface area contributed by atoms with Gasteiger partial charge in [0.1, 0.15) is 11.5 Å². The van der Waals surface area contributed by atoms with E-state index in [1.807, 2.05) is 18.2 Å². The van der Waals surface area contributed by atoms with E-state index in [0.717, 1.165) is 20.7 Å². The summed E-state index contributed by atoms with van der Waals surface area (Å²) in [6.07, 6.45) is 0. The first-order chi connectivity index (χ1) is 6.29. The van der Waals surface area contributed by atoms with Gasteiger partial charge in [0.05, 0.1) is 14.5 Å². The molecule has 0 aromatic carbocycles. The van der Waals surface area contributed by atoms with Crippen LogP contribution in [0.1, 0.15) is 5.76 Å². The fourth-order valence-electron chi connectivity index (χ4n) is 0.944. The van der Waals surface area contributed by atoms with Gasteiger partial charge in [-0.25, -0.2) is 0 Å². The highest BCUT2D eigenvalue weighted by molar-refractivity contribution is 9.08. The topological polar surface area (TPSA) is 26.0 Å². The first-order valence-electron chi connectivity index (χ1n) is 3.57. The molecular formula is C8H5BrClNOS. The van der Waals surface area contributed by atoms with Crippen LogP contribution in [0.5, 0.6) is 0 Å². The zero-order valence-electron chi connectivity index (χ0n) is 6.46. The van der Waals surface area contributed by atoms with Crippen molar-refractivity contribution >= 4 is 38.9 Å². The van der Waals surface area contributed by atoms with Crippen molar-refractivity contribution in [3.05, 3.63) is 28.3 Å². The summed E-state index contributed by atoms with van der Waals surface area (Å²) in [5, 5.41) is 4.60. The van der Waals surface area contributed by atoms with Crippen LogP contribution in [0.2, 0.25) is 4.34 Å². The Kier molecular flexibility index (Phi) is 2.71. The number of hydrogen-bond donors (Lipinski definition) is 0. The number of thiophene rings is 1. The highest BCUT2D eigenvalue weighted by Crippen LogP contribution is 2.30. The Morgan fingerprint density at radius 1 is 1.54 bits per heavy atom. The lowest BCUT2D eigenvalue weighted by Gasteiger charge is -1.82. The summed E-state index contributed by atoms with van der Waals surface area (Å²) in [6, 6.07) is 5.68. The van der Waals surface area contributed by atoms with E-state index in [9.17, 15) is 0 Å². The third kappa shape index (κ3) is 1.95. The molecule has 0 saturated carbocycles. The number of rotatable bonds is 2. The fraction of sp³-hybridized carbons (Fsp3) is 0.125. The predicted molar refractivity (Wildman–Crippen MR) is 57.5 cm³/mol. The van der Waals surface area contributed by atoms with Crippen LogP contribution in [-0.2, 0) is 5.33 Å². The van der Waals surface area contributed by atoms with Gasteiger partial charge in [-0.05, 0) is 12.1 Å². The Labute approximate surface area is 92.6 Å². The summed E-state index contributed by atoms with van der Waals surface area (Å²) in [5.41, 5.74) is 0.839. The monoisotopic (exact) mass is 277 g/mol. The maximum atomic E-state index is 5.80. The van der Waals surface area contributed by atoms with Gasteiger partial charge in [0.15, 0.2) is 0 Å². The molecule has 2 nitrogen and oxygen atoms in total. The van der Waals surface area contributed by atoms with Crippen LogP contribution in [0.3, 0.4) is 0 Å². The van der Waals surface area contributed by atoms with Crippen molar-refractivity contribution in [1.82, 2.24) is 5.16 Å². The van der Waals surface area contributed by atoms with Crippen molar-refractivity contribution in [2.24, 2.45) is 0 Å². The summed E-state index contributed by atoms with van der Waals surface area (Å²) in [5.74, 6) is 0.819. The number of aromatic nitrogens is 1. The van der Waals surface area contributed by atoms with Gasteiger partial charge in [-0.15, -0.1) is 11.3 Å². The third-order valence-electron chi connectivity index (χ3n) is 1.52. The van der Waals surface area contributed by atoms with Gasteiger partial charge in [0.2, 0.25) is 0 Å². The largest absolute Gasteiger partial charge is 0.360 e. The lowest BCUT2D eigenvalue weighted by atomic mass is 10.3. The molecule has 0 amide bonds. The van der Waals surface area contributed by atoms with Gasteiger partial charge in [-0.2, -0.15) is 0 Å². The minimum atomic E-state index is 0.680. The molecule has 0 saturated heterocycles. The summed E-state index contributed by atoms with van der Waals surface area (Å²) in [7, 11) is 0. The Morgan fingerprint density at radius 3 is 2.92 bits per heavy atom. The second-order valence-electron chi connectivity index (χ2n) is 2.42. The van der Waals surface area contributed by atoms with Crippen LogP contribution in [-0.4, -0.2) is 5.16 Å². The molecule has 0 bridgehead atoms. The summed E-state index contributed by atoms with van der Waals surface area (Å²) < 4.78 is 5.81. The Bertz CT molecular complexity index is 412. The van der Waals surface area contributed by atoms with E-state index >= 15 is 0 Å². The van der Waals surface area contributed by atoms with E-state index < -0.39 is 0 Å². The molecule has 0 fully saturated rings. The van der Waals surface area contributed by atoms with Gasteiger partial charge in [-0.3, -0.25) is 0 Å². The number of nitrogens with zero attached hydrogens (tertiary/aromatic N) is 1. The van der Waals surface area contributed by atoms with Gasteiger partial charge in [-0.1, -0.05) is 32.7 Å². The molecule has 2 aromatic heterocycles. The fourth-order valence-corrected chi connectivity index (χ4v) is 2.20. The van der Waals surface area contributed by atoms with Crippen molar-refractivity contribution in [1.29, 1.82) is 0 Å². The van der Waals surface area contributed by atoms with Crippen LogP contribution in [0, 0.1) is 0 Å². The molecule has 0 atom stereocenters. The smallest absolute Gasteiger partial charge is 0.147 e. The minimum absolute atomic E-state index is 0.680. The van der Waals surface area contributed by atoms with Gasteiger partial charge < -0.3 is 4.52 Å². The molecule has 13 heavy (non-hydrogen) atoms. The molecular weight excluding hydrogens is 274 g/mol. The quantitative estimate of drug-likeness (QED) is 0.777. The molecule has 0 spiro atoms. The van der Waals surface area contributed by atoms with Crippen molar-refractivity contribution in [2.75, 3.05) is 0 Å². The minimum Gasteiger partial charge on any atom is -0.360 e. The van der Waals surface area contributed by atoms with E-state index in [4.69, 9.17) is 16.1 Å². The Balaban J connectivity index is 2.35. The summed E-state index contributed by atoms with van der Waals surface area (Å²) in [4.78, 5) is 1.03. The maximum absolute atomic E-state index is 5.80. The van der Waals surface area contributed by atoms with Crippen LogP contribution < -0.4 is 0 Å². The molecule has 0 N–H and O–H groups in total. The Morgan fingerprint density at radius 2 is 2.38 bits per heavy atom. The van der Waals surface area contributed by atoms with Gasteiger partial charge >= 0.3 is 0 Å². The van der Waals surface area contributed by atoms with Gasteiger partial charge in [0.25, 0.3) is 0 Å². The molecule has 2 heterocycles. The zero-order valence-corrected chi connectivity index (χ0v) is 9.62. The van der Waals surface area contributed by atoms with Crippen LogP contribution in [0.4, 0.5) is 0 Å². The molecule has 0 unspecified atom stereocenters. The van der Waals surface area contributed by atoms with Crippen LogP contribution >= 0.6 is 38.9 Å². The summed E-state index contributed by atoms with van der Waals surface area (Å²) in [6.45, 7) is 0. The summed E-state index contributed by atoms with van der Waals surface area (Å²) >= 11 is 10.6. The molecule has 0 radical (unpaired) electrons. The van der Waals surface area contributed by atoms with Crippen LogP contribution in [0.25, 0.3) is 10.6 Å². The zero-order chi connectivity index (χ0) is 9.26. The van der Waals surface area contributed by atoms with Crippen molar-refractivity contribution in [3.63, 3.8) is 0 Å². The average molecular weight is 279 g/mol. The molecule has 2 rings (SSSR count). The standard InChI is InChI=1S/C8H5BrClNOS/c9-4-5-3-6(11-12-5)7-1-2-8(10)13-7/h1-3H,4H2. The Hall–Kier alpha value is -0.320. The maximum Gasteiger partial charge on any atom is 0.147 e. The SMILES string of the molecule is Clc1ccc(-c2cc(CBr)on2)s1. The average Bonchev–Trinajstić information content (AvgIpc) is 2.71. The van der Waals surface area contributed by atoms with Gasteiger partial charge in [0, 0.05) is 6.07 Å². The number of hydrogen-bond acceptors (Lipinski definition) is 3. The molecule has 0 aliphatic rings. The van der Waals surface area contributed by atoms with Crippen LogP contribution in [0.15, 0.2) is 22.7 Å². The number of alkyl halides is 1. The lowest BCUT2D eigenvalue weighted by Crippen LogP contribution is -1.66. The molecule has 2 aromatic rings. The van der Waals surface area contributed by atoms with Crippen molar-refractivity contribution in [3.8, 4) is 10.6 Å². The molecule has 0 aliphatic heterocycles. The second kappa shape index (κ2) is 3.82. The van der Waals surface area contributed by atoms with E-state index in [0.29, 0.717) is 5.33 Å². The number of halogens is 2. The normalized spacial score (nSPS) is 10.6. The molecule has 68 valence electrons. The van der Waals surface area contributed by atoms with E-state index in [-0.39, 0.29) is 0 Å². The first-order valence-corrected chi connectivity index (χ1v) is 5.88. The first kappa shape index (κ1) is 9.24. The van der Waals surface area contributed by atoms with E-state index in [1.165, 1.54) is 11.3 Å². The van der Waals surface area contributed by atoms with Crippen molar-refractivity contribution in [2.45, 2.75) is 5.33 Å². The van der Waals surface area contributed by atoms with Crippen molar-refractivity contribution < 1.29 is 4.52 Å². The lowest BCUT2D eigenvalue weighted by molar-refractivity contribution is 0.398. The molecule has 0 aliphatic carbocycles.